The Labute approximate surface area is 520 Å². The van der Waals surface area contributed by atoms with E-state index < -0.39 is 97.7 Å². The maximum Gasteiger partial charge on any atom is 0.251 e. The number of aliphatic hydroxyl groups excluding tert-OH is 13. The predicted molar refractivity (Wildman–Crippen MR) is 320 cm³/mol. The summed E-state index contributed by atoms with van der Waals surface area (Å²) in [5.74, 6) is 0.382. The first-order valence-corrected chi connectivity index (χ1v) is 34.0. The van der Waals surface area contributed by atoms with Gasteiger partial charge >= 0.3 is 0 Å². The zero-order chi connectivity index (χ0) is 64.1. The molecule has 15 N–H and O–H groups in total. The molecule has 8 saturated carbocycles. The van der Waals surface area contributed by atoms with E-state index in [-0.39, 0.29) is 150 Å². The van der Waals surface area contributed by atoms with E-state index in [4.69, 9.17) is 14.2 Å². The van der Waals surface area contributed by atoms with Crippen LogP contribution in [0.15, 0.2) is 0 Å². The summed E-state index contributed by atoms with van der Waals surface area (Å²) >= 11 is 0. The van der Waals surface area contributed by atoms with Crippen LogP contribution in [-0.4, -0.2) is 221 Å². The molecule has 1 aliphatic heterocycles. The minimum atomic E-state index is -2.25. The molecule has 1 saturated heterocycles. The van der Waals surface area contributed by atoms with Gasteiger partial charge < -0.3 is 96.1 Å². The van der Waals surface area contributed by atoms with Crippen molar-refractivity contribution in [3.8, 4) is 0 Å². The van der Waals surface area contributed by atoms with Crippen LogP contribution in [0, 0.1) is 92.7 Å². The number of carbonyl (C=O) groups excluding carboxylic acids is 3. The number of aliphatic hydroxyl groups is 13. The van der Waals surface area contributed by atoms with Crippen molar-refractivity contribution in [3.63, 3.8) is 0 Å². The number of hydrogen-bond donors (Lipinski definition) is 15. The van der Waals surface area contributed by atoms with E-state index >= 15 is 0 Å². The molecule has 0 aromatic heterocycles. The monoisotopic (exact) mass is 1250 g/mol. The highest BCUT2D eigenvalue weighted by Crippen LogP contribution is 2.70. The third kappa shape index (κ3) is 13.3. The number of rotatable bonds is 24. The molecule has 22 heteroatoms. The van der Waals surface area contributed by atoms with Crippen molar-refractivity contribution >= 4 is 17.7 Å². The van der Waals surface area contributed by atoms with Gasteiger partial charge in [0.2, 0.25) is 11.8 Å². The number of nitrogens with zero attached hydrogens (tertiary/aromatic N) is 1. The summed E-state index contributed by atoms with van der Waals surface area (Å²) in [6, 6.07) is 0. The second-order valence-electron chi connectivity index (χ2n) is 30.7. The lowest BCUT2D eigenvalue weighted by Crippen LogP contribution is -2.62. The number of fused-ring (bicyclic) bond motifs is 10. The molecule has 506 valence electrons. The van der Waals surface area contributed by atoms with Crippen LogP contribution in [0.1, 0.15) is 170 Å². The molecule has 9 fully saturated rings. The van der Waals surface area contributed by atoms with Crippen LogP contribution < -0.4 is 10.6 Å². The molecule has 1 heterocycles. The van der Waals surface area contributed by atoms with Crippen LogP contribution >= 0.6 is 0 Å². The average Bonchev–Trinajstić information content (AvgIpc) is 1.33. The summed E-state index contributed by atoms with van der Waals surface area (Å²) in [4.78, 5) is 43.1. The number of carbonyl (C=O) groups is 3. The van der Waals surface area contributed by atoms with Gasteiger partial charge in [-0.2, -0.15) is 0 Å². The van der Waals surface area contributed by atoms with Gasteiger partial charge in [0, 0.05) is 46.1 Å². The first-order valence-electron chi connectivity index (χ1n) is 34.0. The van der Waals surface area contributed by atoms with Crippen LogP contribution in [0.2, 0.25) is 0 Å². The van der Waals surface area contributed by atoms with Gasteiger partial charge in [0.1, 0.15) is 36.6 Å². The molecule has 20 unspecified atom stereocenters. The Hall–Kier alpha value is -2.23. The molecular weight excluding hydrogens is 1140 g/mol. The standard InChI is InChI=1S/C66H113N3O19/c1-33(39-12-14-41-52-43(30-48(76)65(39,41)5)63(3)20-18-37(71)26-35(63)28-45(52)73)10-16-50(78)67-22-8-24-69(25-9-23-68-60(85)56(82)55(81)59(47(75)32-70)87-62-58(84)54(80)57(83)61(86-7)88-62)51(79)17-11-34(2)40-13-15-42-53-44(31-49(77)66(40,42)6)64(4)21-19-38(72)27-36(64)29-46(53)74/h33-49,52-59,61-62,70-77,80-84H,8-32H2,1-7H3,(H,67,78)(H,68,85)/t33?,34?,35?,36?,37-,38-,39?,40?,41?,42?,43?,44?,45-,46-,47?,48+,49+,52?,53?,54?,55?,56?,57?,58-,59?,61?,62?,63+,64+,65-,66-/m1/s1. The van der Waals surface area contributed by atoms with Crippen LogP contribution in [0.4, 0.5) is 0 Å². The van der Waals surface area contributed by atoms with Gasteiger partial charge in [-0.1, -0.05) is 41.5 Å². The van der Waals surface area contributed by atoms with Crippen molar-refractivity contribution in [2.75, 3.05) is 39.9 Å². The number of ether oxygens (including phenoxy) is 3. The lowest BCUT2D eigenvalue weighted by molar-refractivity contribution is -0.362. The van der Waals surface area contributed by atoms with Gasteiger partial charge in [-0.3, -0.25) is 14.4 Å². The molecular formula is C66H113N3O19. The molecule has 0 aromatic rings. The molecule has 9 rings (SSSR count). The fourth-order valence-corrected chi connectivity index (χ4v) is 21.2. The van der Waals surface area contributed by atoms with Crippen LogP contribution in [-0.2, 0) is 28.6 Å². The van der Waals surface area contributed by atoms with Crippen LogP contribution in [0.25, 0.3) is 0 Å². The van der Waals surface area contributed by atoms with E-state index in [9.17, 15) is 80.8 Å². The van der Waals surface area contributed by atoms with E-state index in [0.29, 0.717) is 64.3 Å². The van der Waals surface area contributed by atoms with Crippen molar-refractivity contribution in [1.29, 1.82) is 0 Å². The smallest absolute Gasteiger partial charge is 0.251 e. The van der Waals surface area contributed by atoms with Gasteiger partial charge in [-0.05, 0) is 208 Å². The minimum Gasteiger partial charge on any atom is -0.394 e. The summed E-state index contributed by atoms with van der Waals surface area (Å²) in [6.07, 6.45) is -6.78. The van der Waals surface area contributed by atoms with Gasteiger partial charge in [0.05, 0.1) is 43.2 Å². The Morgan fingerprint density at radius 3 is 1.57 bits per heavy atom. The van der Waals surface area contributed by atoms with Crippen LogP contribution in [0.3, 0.4) is 0 Å². The number of methoxy groups -OCH3 is 1. The van der Waals surface area contributed by atoms with E-state index in [1.807, 2.05) is 0 Å². The molecule has 3 amide bonds. The Bertz CT molecular complexity index is 2340. The summed E-state index contributed by atoms with van der Waals surface area (Å²) in [5.41, 5.74) is -0.927. The van der Waals surface area contributed by atoms with E-state index in [1.54, 1.807) is 4.90 Å². The van der Waals surface area contributed by atoms with Gasteiger partial charge in [0.15, 0.2) is 18.7 Å². The van der Waals surface area contributed by atoms with Crippen molar-refractivity contribution < 1.29 is 95.0 Å². The highest BCUT2D eigenvalue weighted by atomic mass is 16.8. The topological polar surface area (TPSA) is 369 Å². The summed E-state index contributed by atoms with van der Waals surface area (Å²) < 4.78 is 15.8. The highest BCUT2D eigenvalue weighted by Gasteiger charge is 2.68. The molecule has 0 aromatic carbocycles. The maximum absolute atomic E-state index is 14.5. The first-order chi connectivity index (χ1) is 41.6. The van der Waals surface area contributed by atoms with Crippen molar-refractivity contribution in [1.82, 2.24) is 15.5 Å². The molecule has 0 spiro atoms. The lowest BCUT2D eigenvalue weighted by Gasteiger charge is -2.63. The molecule has 22 nitrogen and oxygen atoms in total. The highest BCUT2D eigenvalue weighted by molar-refractivity contribution is 5.81. The van der Waals surface area contributed by atoms with E-state index in [2.05, 4.69) is 52.2 Å². The number of hydrogen-bond acceptors (Lipinski definition) is 19. The first kappa shape index (κ1) is 70.1. The molecule has 9 aliphatic rings. The molecule has 88 heavy (non-hydrogen) atoms. The van der Waals surface area contributed by atoms with E-state index in [0.717, 1.165) is 58.5 Å². The number of amides is 3. The summed E-state index contributed by atoms with van der Waals surface area (Å²) in [7, 11) is 1.15. The third-order valence-electron chi connectivity index (χ3n) is 26.4. The van der Waals surface area contributed by atoms with Gasteiger partial charge in [-0.25, -0.2) is 0 Å². The molecule has 0 radical (unpaired) electrons. The SMILES string of the molecule is COC1OC(OC(C(O)CO)C(O)C(O)C(=O)NCCCN(CCCNC(=O)CCC(C)C2CCC3C4C(C[C@H](O)[C@]23C)[C@@]2(C)CC[C@@H](O)CC2C[C@H]4O)C(=O)CCC(C)C2CCC3C4C(C[C@H](O)[C@]23C)[C@@]2(C)CC[C@@H](O)CC2C[C@H]4O)[C@H](O)C(O)C1O. The fourth-order valence-electron chi connectivity index (χ4n) is 21.2. The Morgan fingerprint density at radius 1 is 0.602 bits per heavy atom. The summed E-state index contributed by atoms with van der Waals surface area (Å²) in [6.45, 7) is 13.0. The van der Waals surface area contributed by atoms with Crippen molar-refractivity contribution in [2.24, 2.45) is 92.7 Å². The van der Waals surface area contributed by atoms with Crippen LogP contribution in [0.5, 0.6) is 0 Å². The zero-order valence-electron chi connectivity index (χ0n) is 53.5. The average molecular weight is 1250 g/mol. The van der Waals surface area contributed by atoms with Gasteiger partial charge in [-0.15, -0.1) is 0 Å². The minimum absolute atomic E-state index is 0.0221. The van der Waals surface area contributed by atoms with Gasteiger partial charge in [0.25, 0.3) is 5.91 Å². The second kappa shape index (κ2) is 28.4. The maximum atomic E-state index is 14.5. The normalized spacial score (nSPS) is 45.8. The summed E-state index contributed by atoms with van der Waals surface area (Å²) in [5, 5.41) is 148. The van der Waals surface area contributed by atoms with Crippen molar-refractivity contribution in [3.05, 3.63) is 0 Å². The zero-order valence-corrected chi connectivity index (χ0v) is 53.5. The van der Waals surface area contributed by atoms with E-state index in [1.165, 1.54) is 0 Å². The second-order valence-corrected chi connectivity index (χ2v) is 30.7. The Morgan fingerprint density at radius 2 is 1.08 bits per heavy atom. The lowest BCUT2D eigenvalue weighted by atomic mass is 9.43. The third-order valence-corrected chi connectivity index (χ3v) is 26.4. The van der Waals surface area contributed by atoms with Crippen molar-refractivity contribution in [2.45, 2.75) is 262 Å². The Balaban J connectivity index is 0.796. The molecule has 0 bridgehead atoms. The fraction of sp³-hybridized carbons (Fsp3) is 0.955. The predicted octanol–water partition coefficient (Wildman–Crippen LogP) is 1.45. The quantitative estimate of drug-likeness (QED) is 0.0608. The molecule has 8 aliphatic carbocycles. The largest absolute Gasteiger partial charge is 0.394 e. The molecule has 31 atom stereocenters. The number of nitrogens with one attached hydrogen (secondary N) is 2. The Kier molecular flexibility index (Phi) is 22.6.